The summed E-state index contributed by atoms with van der Waals surface area (Å²) in [6.07, 6.45) is 0.750. The van der Waals surface area contributed by atoms with Crippen molar-refractivity contribution >= 4 is 37.0 Å². The van der Waals surface area contributed by atoms with Crippen LogP contribution in [0, 0.1) is 21.3 Å². The summed E-state index contributed by atoms with van der Waals surface area (Å²) in [6.45, 7) is 12.0. The van der Waals surface area contributed by atoms with Gasteiger partial charge >= 0.3 is 0 Å². The molecule has 0 aliphatic carbocycles. The molecule has 0 spiro atoms. The SMILES string of the molecule is CC.CCc1c(C)sc2c1C(O)=C(c1ccccc1C)S(=O)(=O)N2CC.[CH3-].[Y]. The normalized spacial score (nSPS) is 14.3. The van der Waals surface area contributed by atoms with E-state index in [2.05, 4.69) is 0 Å². The molecule has 1 aromatic heterocycles. The number of anilines is 1. The van der Waals surface area contributed by atoms with Gasteiger partial charge in [-0.3, -0.25) is 4.31 Å². The second kappa shape index (κ2) is 10.9. The molecule has 4 nitrogen and oxygen atoms in total. The maximum absolute atomic E-state index is 13.2. The number of hydrogen-bond acceptors (Lipinski definition) is 4. The minimum atomic E-state index is -3.79. The van der Waals surface area contributed by atoms with Crippen molar-refractivity contribution in [3.8, 4) is 0 Å². The number of sulfonamides is 1. The number of rotatable bonds is 3. The van der Waals surface area contributed by atoms with E-state index in [9.17, 15) is 13.5 Å². The van der Waals surface area contributed by atoms with Crippen LogP contribution in [0.15, 0.2) is 24.3 Å². The third kappa shape index (κ3) is 4.40. The smallest absolute Gasteiger partial charge is 0.269 e. The van der Waals surface area contributed by atoms with Crippen LogP contribution in [0.2, 0.25) is 0 Å². The fourth-order valence-corrected chi connectivity index (χ4v) is 6.61. The Hall–Kier alpha value is -0.686. The van der Waals surface area contributed by atoms with Crippen LogP contribution < -0.4 is 4.31 Å². The van der Waals surface area contributed by atoms with Gasteiger partial charge in [0.1, 0.15) is 15.7 Å². The third-order valence-corrected chi connectivity index (χ3v) is 7.68. The first-order valence-corrected chi connectivity index (χ1v) is 11.2. The van der Waals surface area contributed by atoms with Gasteiger partial charge in [-0.15, -0.1) is 11.3 Å². The second-order valence-corrected chi connectivity index (χ2v) is 8.84. The van der Waals surface area contributed by atoms with Crippen LogP contribution in [0.5, 0.6) is 0 Å². The summed E-state index contributed by atoms with van der Waals surface area (Å²) < 4.78 is 27.8. The van der Waals surface area contributed by atoms with Crippen molar-refractivity contribution in [1.82, 2.24) is 0 Å². The first kappa shape index (κ1) is 27.3. The van der Waals surface area contributed by atoms with Gasteiger partial charge in [0.05, 0.1) is 5.56 Å². The molecule has 2 aromatic rings. The Bertz CT molecular complexity index is 947. The number of thiophene rings is 1. The van der Waals surface area contributed by atoms with E-state index < -0.39 is 10.0 Å². The van der Waals surface area contributed by atoms with Gasteiger partial charge in [-0.2, -0.15) is 0 Å². The monoisotopic (exact) mass is 497 g/mol. The van der Waals surface area contributed by atoms with Gasteiger partial charge in [0.15, 0.2) is 0 Å². The molecule has 1 radical (unpaired) electrons. The number of aliphatic hydroxyl groups excluding tert-OH is 1. The van der Waals surface area contributed by atoms with Crippen molar-refractivity contribution in [3.63, 3.8) is 0 Å². The zero-order valence-electron chi connectivity index (χ0n) is 17.8. The van der Waals surface area contributed by atoms with Crippen molar-refractivity contribution in [2.45, 2.75) is 48.0 Å². The Labute approximate surface area is 199 Å². The van der Waals surface area contributed by atoms with Crippen LogP contribution in [-0.4, -0.2) is 20.1 Å². The van der Waals surface area contributed by atoms with E-state index in [0.717, 1.165) is 22.4 Å². The summed E-state index contributed by atoms with van der Waals surface area (Å²) in [6, 6.07) is 7.27. The third-order valence-electron chi connectivity index (χ3n) is 4.45. The minimum absolute atomic E-state index is 0. The van der Waals surface area contributed by atoms with Gasteiger partial charge in [-0.1, -0.05) is 45.0 Å². The van der Waals surface area contributed by atoms with Crippen molar-refractivity contribution in [3.05, 3.63) is 58.8 Å². The van der Waals surface area contributed by atoms with E-state index in [-0.39, 0.29) is 50.8 Å². The number of hydrogen-bond donors (Lipinski definition) is 1. The zero-order valence-corrected chi connectivity index (χ0v) is 22.3. The van der Waals surface area contributed by atoms with E-state index in [0.29, 0.717) is 22.7 Å². The maximum Gasteiger partial charge on any atom is 0.269 e. The fourth-order valence-electron chi connectivity index (χ4n) is 3.27. The molecule has 28 heavy (non-hydrogen) atoms. The Morgan fingerprint density at radius 3 is 2.18 bits per heavy atom. The summed E-state index contributed by atoms with van der Waals surface area (Å²) in [5, 5.41) is 11.6. The standard InChI is InChI=1S/C18H21NO3S2.C2H6.CH3.Y/c1-5-13-12(4)23-18-15(13)16(20)17(24(21,22)19(18)6-2)14-10-8-7-9-11(14)3;1-2;;/h7-10,20H,5-6H2,1-4H3;1-2H3;1H3;/q;;-1;. The largest absolute Gasteiger partial charge is 0.506 e. The fraction of sp³-hybridized carbons (Fsp3) is 0.381. The molecule has 0 atom stereocenters. The Kier molecular flexibility index (Phi) is 10.6. The predicted octanol–water partition coefficient (Wildman–Crippen LogP) is 5.95. The van der Waals surface area contributed by atoms with Crippen molar-refractivity contribution in [2.24, 2.45) is 0 Å². The number of fused-ring (bicyclic) bond motifs is 1. The van der Waals surface area contributed by atoms with Gasteiger partial charge in [0, 0.05) is 49.7 Å². The van der Waals surface area contributed by atoms with Gasteiger partial charge < -0.3 is 12.5 Å². The molecule has 0 amide bonds. The molecule has 153 valence electrons. The predicted molar refractivity (Wildman–Crippen MR) is 119 cm³/mol. The molecule has 0 saturated heterocycles. The maximum atomic E-state index is 13.2. The average molecular weight is 498 g/mol. The van der Waals surface area contributed by atoms with Crippen LogP contribution in [-0.2, 0) is 49.2 Å². The van der Waals surface area contributed by atoms with E-state index in [1.165, 1.54) is 15.6 Å². The molecule has 0 unspecified atom stereocenters. The van der Waals surface area contributed by atoms with Crippen LogP contribution in [0.3, 0.4) is 0 Å². The minimum Gasteiger partial charge on any atom is -0.506 e. The number of nitrogens with zero attached hydrogens (tertiary/aromatic N) is 1. The van der Waals surface area contributed by atoms with Crippen LogP contribution >= 0.6 is 11.3 Å². The molecule has 0 bridgehead atoms. The molecule has 7 heteroatoms. The van der Waals surface area contributed by atoms with Gasteiger partial charge in [0.25, 0.3) is 10.0 Å². The summed E-state index contributed by atoms with van der Waals surface area (Å²) >= 11 is 1.43. The number of aliphatic hydroxyl groups is 1. The molecule has 1 aliphatic heterocycles. The van der Waals surface area contributed by atoms with E-state index >= 15 is 0 Å². The van der Waals surface area contributed by atoms with Gasteiger partial charge in [-0.05, 0) is 38.3 Å². The molecular formula is C21H30NO3S2Y-. The molecule has 1 N–H and O–H groups in total. The number of benzene rings is 1. The zero-order chi connectivity index (χ0) is 19.6. The molecule has 3 rings (SSSR count). The Balaban J connectivity index is 0.00000177. The van der Waals surface area contributed by atoms with Crippen LogP contribution in [0.1, 0.15) is 54.8 Å². The molecule has 1 aliphatic rings. The number of aryl methyl sites for hydroxylation is 2. The van der Waals surface area contributed by atoms with Gasteiger partial charge in [-0.25, -0.2) is 8.42 Å². The van der Waals surface area contributed by atoms with Crippen LogP contribution in [0.25, 0.3) is 10.7 Å². The summed E-state index contributed by atoms with van der Waals surface area (Å²) in [7, 11) is -3.79. The van der Waals surface area contributed by atoms with Crippen molar-refractivity contribution in [2.75, 3.05) is 10.8 Å². The van der Waals surface area contributed by atoms with Crippen molar-refractivity contribution < 1.29 is 46.2 Å². The Morgan fingerprint density at radius 1 is 1.11 bits per heavy atom. The molecule has 0 fully saturated rings. The van der Waals surface area contributed by atoms with Crippen molar-refractivity contribution in [1.29, 1.82) is 0 Å². The summed E-state index contributed by atoms with van der Waals surface area (Å²) in [5.41, 5.74) is 3.08. The topological polar surface area (TPSA) is 57.6 Å². The first-order valence-electron chi connectivity index (χ1n) is 8.99. The van der Waals surface area contributed by atoms with Crippen LogP contribution in [0.4, 0.5) is 5.00 Å². The van der Waals surface area contributed by atoms with Gasteiger partial charge in [0.2, 0.25) is 0 Å². The second-order valence-electron chi connectivity index (χ2n) is 5.83. The molecule has 2 heterocycles. The van der Waals surface area contributed by atoms with E-state index in [4.69, 9.17) is 0 Å². The average Bonchev–Trinajstić information content (AvgIpc) is 2.94. The molecular weight excluding hydrogens is 467 g/mol. The quantitative estimate of drug-likeness (QED) is 0.533. The molecule has 0 saturated carbocycles. The summed E-state index contributed by atoms with van der Waals surface area (Å²) in [4.78, 5) is 1.07. The van der Waals surface area contributed by atoms with E-state index in [1.807, 2.05) is 53.7 Å². The Morgan fingerprint density at radius 2 is 1.68 bits per heavy atom. The summed E-state index contributed by atoms with van der Waals surface area (Å²) in [5.74, 6) is -0.120. The van der Waals surface area contributed by atoms with E-state index in [1.54, 1.807) is 12.1 Å². The first-order chi connectivity index (χ1) is 12.3. The molecule has 1 aromatic carbocycles.